The van der Waals surface area contributed by atoms with Crippen molar-refractivity contribution in [2.75, 3.05) is 31.1 Å². The number of anilines is 1. The Hall–Kier alpha value is -2.03. The van der Waals surface area contributed by atoms with Crippen LogP contribution < -0.4 is 4.90 Å². The molecule has 0 atom stereocenters. The predicted molar refractivity (Wildman–Crippen MR) is 108 cm³/mol. The van der Waals surface area contributed by atoms with E-state index in [0.717, 1.165) is 37.2 Å². The van der Waals surface area contributed by atoms with Gasteiger partial charge in [0, 0.05) is 56.9 Å². The van der Waals surface area contributed by atoms with Crippen molar-refractivity contribution in [2.24, 2.45) is 0 Å². The predicted octanol–water partition coefficient (Wildman–Crippen LogP) is 2.86. The van der Waals surface area contributed by atoms with Crippen molar-refractivity contribution in [3.63, 3.8) is 0 Å². The molecule has 0 aliphatic carbocycles. The van der Waals surface area contributed by atoms with Gasteiger partial charge in [-0.05, 0) is 25.3 Å². The van der Waals surface area contributed by atoms with Gasteiger partial charge in [0.15, 0.2) is 0 Å². The maximum absolute atomic E-state index is 12.8. The SMILES string of the molecule is C=C1CCN(S(=O)(=O)c2cnc(N3CCC(c4cnccn4)CC3)c(Cl)c2)C1. The molecule has 2 aromatic heterocycles. The standard InChI is InChI=1S/C19H22ClN5O2S/c1-14-2-9-25(13-14)28(26,27)16-10-17(20)19(23-11-16)24-7-3-15(4-8-24)18-12-21-5-6-22-18/h5-6,10-12,15H,1-4,7-9,13H2. The molecular formula is C19H22ClN5O2S. The third-order valence-electron chi connectivity index (χ3n) is 5.35. The second kappa shape index (κ2) is 7.77. The first-order valence-corrected chi connectivity index (χ1v) is 11.1. The summed E-state index contributed by atoms with van der Waals surface area (Å²) in [6.07, 6.45) is 9.16. The van der Waals surface area contributed by atoms with E-state index in [-0.39, 0.29) is 4.90 Å². The van der Waals surface area contributed by atoms with E-state index in [0.29, 0.717) is 36.3 Å². The quantitative estimate of drug-likeness (QED) is 0.709. The Kier molecular flexibility index (Phi) is 5.35. The van der Waals surface area contributed by atoms with E-state index in [4.69, 9.17) is 11.6 Å². The van der Waals surface area contributed by atoms with Crippen LogP contribution in [0.3, 0.4) is 0 Å². The summed E-state index contributed by atoms with van der Waals surface area (Å²) in [6, 6.07) is 1.51. The molecule has 4 rings (SSSR count). The van der Waals surface area contributed by atoms with Gasteiger partial charge >= 0.3 is 0 Å². The fraction of sp³-hybridized carbons (Fsp3) is 0.421. The zero-order valence-electron chi connectivity index (χ0n) is 15.5. The topological polar surface area (TPSA) is 79.3 Å². The Bertz CT molecular complexity index is 975. The summed E-state index contributed by atoms with van der Waals surface area (Å²) in [5.41, 5.74) is 1.93. The van der Waals surface area contributed by atoms with E-state index in [1.807, 2.05) is 6.20 Å². The lowest BCUT2D eigenvalue weighted by Crippen LogP contribution is -2.34. The van der Waals surface area contributed by atoms with Gasteiger partial charge in [-0.15, -0.1) is 0 Å². The van der Waals surface area contributed by atoms with Crippen LogP contribution in [-0.4, -0.2) is 53.9 Å². The Balaban J connectivity index is 1.48. The third-order valence-corrected chi connectivity index (χ3v) is 7.43. The van der Waals surface area contributed by atoms with Gasteiger partial charge in [-0.1, -0.05) is 23.8 Å². The van der Waals surface area contributed by atoms with Crippen molar-refractivity contribution < 1.29 is 8.42 Å². The summed E-state index contributed by atoms with van der Waals surface area (Å²) in [7, 11) is -3.59. The molecule has 0 amide bonds. The van der Waals surface area contributed by atoms with E-state index in [2.05, 4.69) is 26.4 Å². The first-order chi connectivity index (χ1) is 13.4. The number of aromatic nitrogens is 3. The van der Waals surface area contributed by atoms with E-state index in [1.54, 1.807) is 12.4 Å². The van der Waals surface area contributed by atoms with Crippen LogP contribution in [0.5, 0.6) is 0 Å². The Morgan fingerprint density at radius 3 is 2.50 bits per heavy atom. The van der Waals surface area contributed by atoms with Crippen LogP contribution in [0, 0.1) is 0 Å². The summed E-state index contributed by atoms with van der Waals surface area (Å²) in [6.45, 7) is 6.25. The smallest absolute Gasteiger partial charge is 0.244 e. The molecule has 148 valence electrons. The second-order valence-electron chi connectivity index (χ2n) is 7.21. The molecule has 2 fully saturated rings. The number of hydrogen-bond donors (Lipinski definition) is 0. The molecule has 9 heteroatoms. The van der Waals surface area contributed by atoms with Crippen LogP contribution >= 0.6 is 11.6 Å². The number of sulfonamides is 1. The first kappa shape index (κ1) is 19.3. The summed E-state index contributed by atoms with van der Waals surface area (Å²) in [5, 5.41) is 0.358. The first-order valence-electron chi connectivity index (χ1n) is 9.28. The van der Waals surface area contributed by atoms with E-state index < -0.39 is 10.0 Å². The largest absolute Gasteiger partial charge is 0.355 e. The van der Waals surface area contributed by atoms with Crippen molar-refractivity contribution in [3.05, 3.63) is 53.7 Å². The lowest BCUT2D eigenvalue weighted by molar-refractivity contribution is 0.481. The normalized spacial score (nSPS) is 19.3. The van der Waals surface area contributed by atoms with Gasteiger partial charge in [0.1, 0.15) is 10.7 Å². The van der Waals surface area contributed by atoms with E-state index in [9.17, 15) is 8.42 Å². The summed E-state index contributed by atoms with van der Waals surface area (Å²) in [5.74, 6) is 0.996. The average molecular weight is 420 g/mol. The average Bonchev–Trinajstić information content (AvgIpc) is 3.16. The Labute approximate surface area is 170 Å². The molecule has 0 aromatic carbocycles. The number of halogens is 1. The molecule has 2 aromatic rings. The number of nitrogens with zero attached hydrogens (tertiary/aromatic N) is 5. The highest BCUT2D eigenvalue weighted by atomic mass is 35.5. The summed E-state index contributed by atoms with van der Waals surface area (Å²) < 4.78 is 27.0. The van der Waals surface area contributed by atoms with Crippen LogP contribution in [0.1, 0.15) is 30.9 Å². The highest BCUT2D eigenvalue weighted by Gasteiger charge is 2.30. The zero-order valence-corrected chi connectivity index (χ0v) is 17.0. The molecule has 28 heavy (non-hydrogen) atoms. The van der Waals surface area contributed by atoms with Crippen LogP contribution in [0.25, 0.3) is 0 Å². The molecule has 0 bridgehead atoms. The monoisotopic (exact) mass is 419 g/mol. The van der Waals surface area contributed by atoms with Gasteiger partial charge in [-0.2, -0.15) is 4.31 Å². The minimum atomic E-state index is -3.59. The van der Waals surface area contributed by atoms with Gasteiger partial charge < -0.3 is 4.90 Å². The second-order valence-corrected chi connectivity index (χ2v) is 9.55. The fourth-order valence-electron chi connectivity index (χ4n) is 3.74. The molecule has 2 aliphatic heterocycles. The number of piperidine rings is 1. The maximum atomic E-state index is 12.8. The van der Waals surface area contributed by atoms with Crippen molar-refractivity contribution in [1.29, 1.82) is 0 Å². The van der Waals surface area contributed by atoms with Gasteiger partial charge in [0.2, 0.25) is 10.0 Å². The van der Waals surface area contributed by atoms with Crippen LogP contribution in [0.4, 0.5) is 5.82 Å². The third kappa shape index (κ3) is 3.76. The minimum Gasteiger partial charge on any atom is -0.355 e. The van der Waals surface area contributed by atoms with Gasteiger partial charge in [0.25, 0.3) is 0 Å². The van der Waals surface area contributed by atoms with Crippen molar-refractivity contribution in [2.45, 2.75) is 30.1 Å². The van der Waals surface area contributed by atoms with Crippen molar-refractivity contribution >= 4 is 27.4 Å². The summed E-state index contributed by atoms with van der Waals surface area (Å²) in [4.78, 5) is 15.2. The van der Waals surface area contributed by atoms with Crippen molar-refractivity contribution in [3.8, 4) is 0 Å². The molecule has 7 nitrogen and oxygen atoms in total. The zero-order chi connectivity index (χ0) is 19.7. The van der Waals surface area contributed by atoms with Gasteiger partial charge in [-0.25, -0.2) is 13.4 Å². The maximum Gasteiger partial charge on any atom is 0.244 e. The lowest BCUT2D eigenvalue weighted by Gasteiger charge is -2.33. The molecule has 2 aliphatic rings. The fourth-order valence-corrected chi connectivity index (χ4v) is 5.53. The molecule has 0 spiro atoms. The minimum absolute atomic E-state index is 0.130. The molecule has 0 unspecified atom stereocenters. The molecule has 0 N–H and O–H groups in total. The number of hydrogen-bond acceptors (Lipinski definition) is 6. The number of rotatable bonds is 4. The summed E-state index contributed by atoms with van der Waals surface area (Å²) >= 11 is 6.43. The van der Waals surface area contributed by atoms with Gasteiger partial charge in [-0.3, -0.25) is 9.97 Å². The number of pyridine rings is 1. The van der Waals surface area contributed by atoms with Gasteiger partial charge in [0.05, 0.1) is 10.7 Å². The van der Waals surface area contributed by atoms with Crippen LogP contribution in [0.2, 0.25) is 5.02 Å². The molecule has 0 saturated carbocycles. The lowest BCUT2D eigenvalue weighted by atomic mass is 9.94. The Morgan fingerprint density at radius 1 is 1.11 bits per heavy atom. The highest BCUT2D eigenvalue weighted by Crippen LogP contribution is 2.33. The molecule has 4 heterocycles. The Morgan fingerprint density at radius 2 is 1.89 bits per heavy atom. The molecule has 2 saturated heterocycles. The van der Waals surface area contributed by atoms with E-state index in [1.165, 1.54) is 16.6 Å². The molecular weight excluding hydrogens is 398 g/mol. The highest BCUT2D eigenvalue weighted by molar-refractivity contribution is 7.89. The van der Waals surface area contributed by atoms with Crippen LogP contribution in [-0.2, 0) is 10.0 Å². The molecule has 0 radical (unpaired) electrons. The van der Waals surface area contributed by atoms with Crippen molar-refractivity contribution in [1.82, 2.24) is 19.3 Å². The van der Waals surface area contributed by atoms with Crippen LogP contribution in [0.15, 0.2) is 47.9 Å². The van der Waals surface area contributed by atoms with E-state index >= 15 is 0 Å².